The first-order valence-corrected chi connectivity index (χ1v) is 17.0. The van der Waals surface area contributed by atoms with Gasteiger partial charge in [0.15, 0.2) is 0 Å². The van der Waals surface area contributed by atoms with Gasteiger partial charge in [-0.2, -0.15) is 0 Å². The number of hydrogen-bond acceptors (Lipinski definition) is 0. The summed E-state index contributed by atoms with van der Waals surface area (Å²) in [5.74, 6) is 0.631. The monoisotopic (exact) mass is 600 g/mol. The van der Waals surface area contributed by atoms with E-state index < -0.39 is 0 Å². The molecule has 0 amide bonds. The van der Waals surface area contributed by atoms with Crippen molar-refractivity contribution >= 4 is 64.6 Å². The van der Waals surface area contributed by atoms with E-state index in [1.807, 2.05) is 0 Å². The largest absolute Gasteiger partial charge is 0.0648 e. The summed E-state index contributed by atoms with van der Waals surface area (Å²) < 4.78 is 0. The van der Waals surface area contributed by atoms with Crippen LogP contribution < -0.4 is 0 Å². The molecule has 9 aromatic rings. The highest BCUT2D eigenvalue weighted by molar-refractivity contribution is 6.33. The molecule has 47 heavy (non-hydrogen) atoms. The van der Waals surface area contributed by atoms with Crippen LogP contribution in [0.3, 0.4) is 0 Å². The topological polar surface area (TPSA) is 0 Å². The molecule has 0 aliphatic carbocycles. The van der Waals surface area contributed by atoms with E-state index in [-0.39, 0.29) is 0 Å². The molecule has 0 saturated carbocycles. The Morgan fingerprint density at radius 1 is 0.362 bits per heavy atom. The second-order valence-corrected chi connectivity index (χ2v) is 13.1. The molecule has 0 heterocycles. The van der Waals surface area contributed by atoms with Crippen LogP contribution >= 0.6 is 0 Å². The summed E-state index contributed by atoms with van der Waals surface area (Å²) in [4.78, 5) is 0. The molecular weight excluding hydrogens is 565 g/mol. The molecule has 9 rings (SSSR count). The molecule has 224 valence electrons. The van der Waals surface area contributed by atoms with Gasteiger partial charge in [-0.15, -0.1) is 0 Å². The lowest BCUT2D eigenvalue weighted by atomic mass is 9.87. The standard InChI is InChI=1S/C47H36/c1-3-30(4-2)32-20-21-34-26-35(23-22-33(34)25-32)36-19-17-31-18-24-37(28-38(31)27-36)45-29-46-41-13-6-5-11-39(41)40-12-7-9-15-43(40)47(46)44-16-10-8-14-42(44)45/h5-30H,3-4H2,1-2H3. The predicted octanol–water partition coefficient (Wildman–Crippen LogP) is 13.8. The van der Waals surface area contributed by atoms with Crippen molar-refractivity contribution in [3.63, 3.8) is 0 Å². The zero-order valence-electron chi connectivity index (χ0n) is 26.9. The third-order valence-electron chi connectivity index (χ3n) is 10.6. The van der Waals surface area contributed by atoms with E-state index in [9.17, 15) is 0 Å². The second-order valence-electron chi connectivity index (χ2n) is 13.1. The van der Waals surface area contributed by atoms with Crippen LogP contribution in [0.25, 0.3) is 86.9 Å². The van der Waals surface area contributed by atoms with Gasteiger partial charge in [0.1, 0.15) is 0 Å². The highest BCUT2D eigenvalue weighted by atomic mass is 14.2. The Balaban J connectivity index is 1.21. The molecule has 0 aliphatic heterocycles. The van der Waals surface area contributed by atoms with Gasteiger partial charge in [0.25, 0.3) is 0 Å². The second kappa shape index (κ2) is 11.1. The molecule has 0 aromatic heterocycles. The highest BCUT2D eigenvalue weighted by Gasteiger charge is 2.15. The van der Waals surface area contributed by atoms with Gasteiger partial charge in [-0.1, -0.05) is 141 Å². The average molecular weight is 601 g/mol. The molecule has 0 nitrogen and oxygen atoms in total. The number of hydrogen-bond donors (Lipinski definition) is 0. The maximum absolute atomic E-state index is 2.44. The van der Waals surface area contributed by atoms with E-state index in [0.717, 1.165) is 0 Å². The van der Waals surface area contributed by atoms with E-state index in [0.29, 0.717) is 5.92 Å². The molecule has 0 unspecified atom stereocenters. The van der Waals surface area contributed by atoms with Crippen LogP contribution in [0.2, 0.25) is 0 Å². The van der Waals surface area contributed by atoms with Crippen molar-refractivity contribution in [2.75, 3.05) is 0 Å². The van der Waals surface area contributed by atoms with Gasteiger partial charge in [0.2, 0.25) is 0 Å². The molecule has 0 bridgehead atoms. The third kappa shape index (κ3) is 4.51. The van der Waals surface area contributed by atoms with Gasteiger partial charge >= 0.3 is 0 Å². The fourth-order valence-corrected chi connectivity index (χ4v) is 8.06. The molecule has 0 aliphatic rings. The zero-order valence-corrected chi connectivity index (χ0v) is 26.9. The van der Waals surface area contributed by atoms with Crippen LogP contribution in [0.15, 0.2) is 152 Å². The van der Waals surface area contributed by atoms with E-state index in [1.54, 1.807) is 0 Å². The molecule has 0 N–H and O–H groups in total. The van der Waals surface area contributed by atoms with Gasteiger partial charge in [-0.05, 0) is 135 Å². The maximum Gasteiger partial charge on any atom is -0.00199 e. The maximum atomic E-state index is 2.44. The Morgan fingerprint density at radius 3 is 1.51 bits per heavy atom. The number of rotatable bonds is 5. The van der Waals surface area contributed by atoms with Gasteiger partial charge in [0.05, 0.1) is 0 Å². The van der Waals surface area contributed by atoms with E-state index in [4.69, 9.17) is 0 Å². The molecule has 0 fully saturated rings. The van der Waals surface area contributed by atoms with Crippen molar-refractivity contribution in [2.45, 2.75) is 32.6 Å². The summed E-state index contributed by atoms with van der Waals surface area (Å²) in [5.41, 5.74) is 6.49. The fraction of sp³-hybridized carbons (Fsp3) is 0.106. The van der Waals surface area contributed by atoms with Crippen molar-refractivity contribution in [3.05, 3.63) is 157 Å². The summed E-state index contributed by atoms with van der Waals surface area (Å²) in [6.45, 7) is 4.58. The Bertz CT molecular complexity index is 2650. The van der Waals surface area contributed by atoms with E-state index >= 15 is 0 Å². The first-order chi connectivity index (χ1) is 23.2. The van der Waals surface area contributed by atoms with Crippen LogP contribution in [0.4, 0.5) is 0 Å². The quantitative estimate of drug-likeness (QED) is 0.172. The van der Waals surface area contributed by atoms with Gasteiger partial charge in [-0.25, -0.2) is 0 Å². The molecule has 9 aromatic carbocycles. The molecule has 0 atom stereocenters. The van der Waals surface area contributed by atoms with Gasteiger partial charge < -0.3 is 0 Å². The number of benzene rings is 9. The lowest BCUT2D eigenvalue weighted by Gasteiger charge is -2.16. The fourth-order valence-electron chi connectivity index (χ4n) is 8.06. The first-order valence-electron chi connectivity index (χ1n) is 17.0. The zero-order chi connectivity index (χ0) is 31.5. The van der Waals surface area contributed by atoms with Crippen molar-refractivity contribution in [1.29, 1.82) is 0 Å². The Morgan fingerprint density at radius 2 is 0.830 bits per heavy atom. The Kier molecular flexibility index (Phi) is 6.57. The minimum Gasteiger partial charge on any atom is -0.0648 e. The van der Waals surface area contributed by atoms with Crippen molar-refractivity contribution in [3.8, 4) is 22.3 Å². The van der Waals surface area contributed by atoms with Crippen molar-refractivity contribution in [1.82, 2.24) is 0 Å². The lowest BCUT2D eigenvalue weighted by molar-refractivity contribution is 0.643. The summed E-state index contributed by atoms with van der Waals surface area (Å²) in [6, 6.07) is 57.0. The normalized spacial score (nSPS) is 12.0. The molecule has 0 heteroatoms. The van der Waals surface area contributed by atoms with Crippen LogP contribution in [-0.4, -0.2) is 0 Å². The average Bonchev–Trinajstić information content (AvgIpc) is 3.14. The molecule has 0 saturated heterocycles. The summed E-state index contributed by atoms with van der Waals surface area (Å²) >= 11 is 0. The SMILES string of the molecule is CCC(CC)c1ccc2cc(-c3ccc4ccc(-c5cc6c7ccccc7c7ccccc7c6c6ccccc56)cc4c3)ccc2c1. The lowest BCUT2D eigenvalue weighted by Crippen LogP contribution is -1.95. The summed E-state index contributed by atoms with van der Waals surface area (Å²) in [5, 5.41) is 15.6. The molecule has 0 radical (unpaired) electrons. The molecular formula is C47H36. The van der Waals surface area contributed by atoms with Crippen molar-refractivity contribution in [2.24, 2.45) is 0 Å². The van der Waals surface area contributed by atoms with Crippen LogP contribution in [0, 0.1) is 0 Å². The van der Waals surface area contributed by atoms with E-state index in [2.05, 4.69) is 166 Å². The summed E-state index contributed by atoms with van der Waals surface area (Å²) in [7, 11) is 0. The summed E-state index contributed by atoms with van der Waals surface area (Å²) in [6.07, 6.45) is 2.36. The highest BCUT2D eigenvalue weighted by Crippen LogP contribution is 2.43. The van der Waals surface area contributed by atoms with Crippen LogP contribution in [-0.2, 0) is 0 Å². The van der Waals surface area contributed by atoms with Gasteiger partial charge in [-0.3, -0.25) is 0 Å². The Labute approximate surface area is 275 Å². The predicted molar refractivity (Wildman–Crippen MR) is 206 cm³/mol. The number of fused-ring (bicyclic) bond motifs is 10. The Hall–Kier alpha value is -5.46. The van der Waals surface area contributed by atoms with E-state index in [1.165, 1.54) is 105 Å². The minimum absolute atomic E-state index is 0.631. The van der Waals surface area contributed by atoms with Crippen LogP contribution in [0.5, 0.6) is 0 Å². The van der Waals surface area contributed by atoms with Gasteiger partial charge in [0, 0.05) is 0 Å². The van der Waals surface area contributed by atoms with Crippen LogP contribution in [0.1, 0.15) is 38.2 Å². The minimum atomic E-state index is 0.631. The smallest absolute Gasteiger partial charge is 0.00199 e. The molecule has 0 spiro atoms. The first kappa shape index (κ1) is 27.8. The van der Waals surface area contributed by atoms with Crippen molar-refractivity contribution < 1.29 is 0 Å². The third-order valence-corrected chi connectivity index (χ3v) is 10.6.